The first kappa shape index (κ1) is 19.8. The van der Waals surface area contributed by atoms with Crippen LogP contribution in [0.1, 0.15) is 19.8 Å². The lowest BCUT2D eigenvalue weighted by atomic mass is 10.2. The fourth-order valence-corrected chi connectivity index (χ4v) is 2.81. The standard InChI is InChI=1S/C19H22N4O2.ClH/c1-3-8-13(20)18(24)22-19-21-14-9-4-5-10-15(14)23(19)16-11-6-7-12-17(16)25-2;/h4-7,9-13H,3,8,20H2,1-2H3,(H,21,22,24);1H. The Morgan fingerprint density at radius 2 is 1.92 bits per heavy atom. The van der Waals surface area contributed by atoms with E-state index in [1.165, 1.54) is 0 Å². The normalized spacial score (nSPS) is 11.7. The SMILES string of the molecule is CCCC(N)C(=O)Nc1nc2ccccc2n1-c1ccccc1OC.Cl. The van der Waals surface area contributed by atoms with Gasteiger partial charge in [-0.05, 0) is 30.7 Å². The summed E-state index contributed by atoms with van der Waals surface area (Å²) in [5, 5.41) is 2.87. The van der Waals surface area contributed by atoms with E-state index in [9.17, 15) is 4.79 Å². The number of nitrogens with two attached hydrogens (primary N) is 1. The number of carbonyl (C=O) groups is 1. The number of nitrogens with one attached hydrogen (secondary N) is 1. The number of carbonyl (C=O) groups excluding carboxylic acids is 1. The van der Waals surface area contributed by atoms with Crippen molar-refractivity contribution in [2.75, 3.05) is 12.4 Å². The number of fused-ring (bicyclic) bond motifs is 1. The maximum absolute atomic E-state index is 12.4. The summed E-state index contributed by atoms with van der Waals surface area (Å²) >= 11 is 0. The maximum atomic E-state index is 12.4. The lowest BCUT2D eigenvalue weighted by Gasteiger charge is -2.15. The molecule has 0 fully saturated rings. The van der Waals surface area contributed by atoms with Crippen LogP contribution in [0.2, 0.25) is 0 Å². The fraction of sp³-hybridized carbons (Fsp3) is 0.263. The third-order valence-electron chi connectivity index (χ3n) is 4.06. The van der Waals surface area contributed by atoms with Gasteiger partial charge in [0, 0.05) is 0 Å². The average Bonchev–Trinajstić information content (AvgIpc) is 2.99. The summed E-state index contributed by atoms with van der Waals surface area (Å²) in [6.07, 6.45) is 1.47. The summed E-state index contributed by atoms with van der Waals surface area (Å²) in [7, 11) is 1.62. The number of ether oxygens (including phenoxy) is 1. The molecule has 2 aromatic carbocycles. The van der Waals surface area contributed by atoms with Gasteiger partial charge in [-0.2, -0.15) is 0 Å². The molecule has 1 atom stereocenters. The molecule has 0 saturated carbocycles. The Balaban J connectivity index is 0.00000243. The highest BCUT2D eigenvalue weighted by Crippen LogP contribution is 2.30. The molecule has 1 aromatic heterocycles. The molecule has 0 bridgehead atoms. The number of hydrogen-bond acceptors (Lipinski definition) is 4. The minimum atomic E-state index is -0.559. The van der Waals surface area contributed by atoms with Gasteiger partial charge < -0.3 is 10.5 Å². The number of rotatable bonds is 6. The molecule has 0 aliphatic carbocycles. The van der Waals surface area contributed by atoms with Crippen molar-refractivity contribution in [3.05, 3.63) is 48.5 Å². The van der Waals surface area contributed by atoms with Crippen molar-refractivity contribution in [3.8, 4) is 11.4 Å². The van der Waals surface area contributed by atoms with Gasteiger partial charge in [0.2, 0.25) is 11.9 Å². The van der Waals surface area contributed by atoms with Crippen LogP contribution in [0, 0.1) is 0 Å². The molecule has 0 aliphatic rings. The topological polar surface area (TPSA) is 82.2 Å². The highest BCUT2D eigenvalue weighted by Gasteiger charge is 2.19. The van der Waals surface area contributed by atoms with E-state index >= 15 is 0 Å². The van der Waals surface area contributed by atoms with Crippen LogP contribution in [-0.2, 0) is 4.79 Å². The van der Waals surface area contributed by atoms with E-state index in [0.717, 1.165) is 23.1 Å². The van der Waals surface area contributed by atoms with Crippen LogP contribution in [0.3, 0.4) is 0 Å². The first-order chi connectivity index (χ1) is 12.2. The van der Waals surface area contributed by atoms with Crippen LogP contribution in [-0.4, -0.2) is 28.6 Å². The van der Waals surface area contributed by atoms with Crippen molar-refractivity contribution in [1.82, 2.24) is 9.55 Å². The number of aromatic nitrogens is 2. The molecule has 0 aliphatic heterocycles. The van der Waals surface area contributed by atoms with Crippen molar-refractivity contribution in [2.24, 2.45) is 5.73 Å². The zero-order valence-corrected chi connectivity index (χ0v) is 15.6. The molecule has 3 rings (SSSR count). The summed E-state index contributed by atoms with van der Waals surface area (Å²) in [5.74, 6) is 0.884. The van der Waals surface area contributed by atoms with E-state index in [1.54, 1.807) is 7.11 Å². The van der Waals surface area contributed by atoms with Crippen molar-refractivity contribution < 1.29 is 9.53 Å². The van der Waals surface area contributed by atoms with Gasteiger partial charge in [0.25, 0.3) is 0 Å². The molecule has 6 nitrogen and oxygen atoms in total. The van der Waals surface area contributed by atoms with Gasteiger partial charge in [0.1, 0.15) is 5.75 Å². The predicted molar refractivity (Wildman–Crippen MR) is 106 cm³/mol. The number of imidazole rings is 1. The number of hydrogen-bond donors (Lipinski definition) is 2. The van der Waals surface area contributed by atoms with E-state index < -0.39 is 6.04 Å². The molecule has 138 valence electrons. The third kappa shape index (κ3) is 3.81. The molecule has 7 heteroatoms. The van der Waals surface area contributed by atoms with E-state index in [1.807, 2.05) is 60.0 Å². The van der Waals surface area contributed by atoms with Crippen molar-refractivity contribution in [1.29, 1.82) is 0 Å². The van der Waals surface area contributed by atoms with Crippen LogP contribution in [0.25, 0.3) is 16.7 Å². The quantitative estimate of drug-likeness (QED) is 0.691. The van der Waals surface area contributed by atoms with Crippen molar-refractivity contribution in [3.63, 3.8) is 0 Å². The van der Waals surface area contributed by atoms with Gasteiger partial charge >= 0.3 is 0 Å². The van der Waals surface area contributed by atoms with Crippen LogP contribution < -0.4 is 15.8 Å². The Hall–Kier alpha value is -2.57. The third-order valence-corrected chi connectivity index (χ3v) is 4.06. The smallest absolute Gasteiger partial charge is 0.243 e. The number of anilines is 1. The number of benzene rings is 2. The second-order valence-electron chi connectivity index (χ2n) is 5.82. The molecule has 3 aromatic rings. The predicted octanol–water partition coefficient (Wildman–Crippen LogP) is 3.52. The lowest BCUT2D eigenvalue weighted by molar-refractivity contribution is -0.117. The summed E-state index contributed by atoms with van der Waals surface area (Å²) in [4.78, 5) is 17.0. The van der Waals surface area contributed by atoms with Crippen LogP contribution >= 0.6 is 12.4 Å². The second kappa shape index (κ2) is 8.69. The van der Waals surface area contributed by atoms with Crippen molar-refractivity contribution in [2.45, 2.75) is 25.8 Å². The van der Waals surface area contributed by atoms with Gasteiger partial charge in [0.15, 0.2) is 0 Å². The molecule has 26 heavy (non-hydrogen) atoms. The van der Waals surface area contributed by atoms with Gasteiger partial charge in [-0.1, -0.05) is 37.6 Å². The van der Waals surface area contributed by atoms with Crippen LogP contribution in [0.4, 0.5) is 5.95 Å². The zero-order chi connectivity index (χ0) is 17.8. The minimum absolute atomic E-state index is 0. The Kier molecular flexibility index (Phi) is 6.60. The van der Waals surface area contributed by atoms with Crippen LogP contribution in [0.5, 0.6) is 5.75 Å². The molecule has 0 radical (unpaired) electrons. The molecule has 3 N–H and O–H groups in total. The van der Waals surface area contributed by atoms with Gasteiger partial charge in [0.05, 0.1) is 29.9 Å². The zero-order valence-electron chi connectivity index (χ0n) is 14.8. The monoisotopic (exact) mass is 374 g/mol. The molecule has 0 saturated heterocycles. The van der Waals surface area contributed by atoms with E-state index in [4.69, 9.17) is 10.5 Å². The minimum Gasteiger partial charge on any atom is -0.495 e. The Morgan fingerprint density at radius 1 is 1.23 bits per heavy atom. The largest absolute Gasteiger partial charge is 0.495 e. The van der Waals surface area contributed by atoms with Gasteiger partial charge in [-0.25, -0.2) is 4.98 Å². The molecule has 1 amide bonds. The van der Waals surface area contributed by atoms with Gasteiger partial charge in [-0.3, -0.25) is 14.7 Å². The Labute approximate surface area is 158 Å². The van der Waals surface area contributed by atoms with E-state index in [-0.39, 0.29) is 18.3 Å². The number of para-hydroxylation sites is 4. The highest BCUT2D eigenvalue weighted by atomic mass is 35.5. The first-order valence-electron chi connectivity index (χ1n) is 8.33. The summed E-state index contributed by atoms with van der Waals surface area (Å²) in [6.45, 7) is 2.00. The average molecular weight is 375 g/mol. The second-order valence-corrected chi connectivity index (χ2v) is 5.82. The van der Waals surface area contributed by atoms with Crippen LogP contribution in [0.15, 0.2) is 48.5 Å². The van der Waals surface area contributed by atoms with E-state index in [0.29, 0.717) is 18.1 Å². The first-order valence-corrected chi connectivity index (χ1v) is 8.33. The number of halogens is 1. The number of amides is 1. The maximum Gasteiger partial charge on any atom is 0.243 e. The number of nitrogens with zero attached hydrogens (tertiary/aromatic N) is 2. The summed E-state index contributed by atoms with van der Waals surface area (Å²) in [5.41, 5.74) is 8.41. The Bertz CT molecular complexity index is 894. The molecule has 0 spiro atoms. The fourth-order valence-electron chi connectivity index (χ4n) is 2.81. The summed E-state index contributed by atoms with van der Waals surface area (Å²) < 4.78 is 7.36. The van der Waals surface area contributed by atoms with Crippen molar-refractivity contribution >= 4 is 35.3 Å². The molecule has 1 unspecified atom stereocenters. The highest BCUT2D eigenvalue weighted by molar-refractivity contribution is 5.95. The number of methoxy groups -OCH3 is 1. The van der Waals surface area contributed by atoms with Gasteiger partial charge in [-0.15, -0.1) is 12.4 Å². The lowest BCUT2D eigenvalue weighted by Crippen LogP contribution is -2.36. The molecular formula is C19H23ClN4O2. The Morgan fingerprint density at radius 3 is 2.65 bits per heavy atom. The summed E-state index contributed by atoms with van der Waals surface area (Å²) in [6, 6.07) is 14.8. The van der Waals surface area contributed by atoms with E-state index in [2.05, 4.69) is 10.3 Å². The molecule has 1 heterocycles. The molecular weight excluding hydrogens is 352 g/mol.